The quantitative estimate of drug-likeness (QED) is 0.856. The number of benzene rings is 1. The number of nitrogens with zero attached hydrogens (tertiary/aromatic N) is 1. The van der Waals surface area contributed by atoms with Crippen molar-refractivity contribution in [2.45, 2.75) is 19.4 Å². The lowest BCUT2D eigenvalue weighted by Crippen LogP contribution is -2.48. The second-order valence-electron chi connectivity index (χ2n) is 4.72. The first kappa shape index (κ1) is 11.7. The molecule has 0 saturated heterocycles. The molecule has 1 aliphatic heterocycles. The number of hydrogen-bond acceptors (Lipinski definition) is 3. The van der Waals surface area contributed by atoms with E-state index < -0.39 is 17.4 Å². The molecule has 0 bridgehead atoms. The van der Waals surface area contributed by atoms with Crippen molar-refractivity contribution >= 4 is 11.7 Å². The van der Waals surface area contributed by atoms with Gasteiger partial charge in [0.1, 0.15) is 23.7 Å². The number of fused-ring (bicyclic) bond motifs is 1. The van der Waals surface area contributed by atoms with Crippen molar-refractivity contribution in [3.63, 3.8) is 0 Å². The minimum absolute atomic E-state index is 0.163. The number of carbonyl (C=O) groups is 1. The van der Waals surface area contributed by atoms with E-state index in [1.807, 2.05) is 13.8 Å². The van der Waals surface area contributed by atoms with Gasteiger partial charge in [-0.2, -0.15) is 0 Å². The second kappa shape index (κ2) is 3.91. The van der Waals surface area contributed by atoms with Crippen molar-refractivity contribution in [3.05, 3.63) is 24.0 Å². The monoisotopic (exact) mass is 239 g/mol. The van der Waals surface area contributed by atoms with Gasteiger partial charge in [-0.05, 0) is 26.0 Å². The molecule has 0 saturated carbocycles. The average Bonchev–Trinajstić information content (AvgIpc) is 2.17. The molecule has 4 nitrogen and oxygen atoms in total. The number of halogens is 1. The lowest BCUT2D eigenvalue weighted by atomic mass is 10.1. The molecule has 2 rings (SSSR count). The predicted octanol–water partition coefficient (Wildman–Crippen LogP) is 1.89. The Labute approximate surface area is 98.6 Å². The van der Waals surface area contributed by atoms with Crippen LogP contribution < -0.4 is 9.64 Å². The smallest absolute Gasteiger partial charge is 0.323 e. The van der Waals surface area contributed by atoms with E-state index >= 15 is 0 Å². The van der Waals surface area contributed by atoms with Gasteiger partial charge in [-0.15, -0.1) is 0 Å². The summed E-state index contributed by atoms with van der Waals surface area (Å²) in [6.07, 6.45) is 0. The number of carboxylic acid groups (broad SMARTS) is 1. The van der Waals surface area contributed by atoms with Crippen LogP contribution in [0.25, 0.3) is 0 Å². The molecule has 0 unspecified atom stereocenters. The molecule has 17 heavy (non-hydrogen) atoms. The standard InChI is InChI=1S/C12H14FNO3/c1-12(2)7-14(6-11(15)16)9-5-8(13)3-4-10(9)17-12/h3-5H,6-7H2,1-2H3,(H,15,16). The number of hydrogen-bond donors (Lipinski definition) is 1. The Morgan fingerprint density at radius 1 is 1.59 bits per heavy atom. The molecule has 1 aromatic carbocycles. The third kappa shape index (κ3) is 2.49. The maximum Gasteiger partial charge on any atom is 0.323 e. The number of aliphatic carboxylic acids is 1. The van der Waals surface area contributed by atoms with Crippen LogP contribution >= 0.6 is 0 Å². The van der Waals surface area contributed by atoms with Crippen molar-refractivity contribution in [1.82, 2.24) is 0 Å². The van der Waals surface area contributed by atoms with E-state index in [2.05, 4.69) is 0 Å². The van der Waals surface area contributed by atoms with Crippen LogP contribution in [0.1, 0.15) is 13.8 Å². The van der Waals surface area contributed by atoms with Crippen LogP contribution in [0.15, 0.2) is 18.2 Å². The Bertz CT molecular complexity index is 459. The third-order valence-corrected chi connectivity index (χ3v) is 2.55. The van der Waals surface area contributed by atoms with Gasteiger partial charge in [0.2, 0.25) is 0 Å². The fourth-order valence-electron chi connectivity index (χ4n) is 2.00. The SMILES string of the molecule is CC1(C)CN(CC(=O)O)c2cc(F)ccc2O1. The minimum Gasteiger partial charge on any atom is -0.484 e. The first-order valence-electron chi connectivity index (χ1n) is 5.33. The van der Waals surface area contributed by atoms with Crippen LogP contribution in [-0.2, 0) is 4.79 Å². The lowest BCUT2D eigenvalue weighted by Gasteiger charge is -2.40. The molecule has 1 N–H and O–H groups in total. The Morgan fingerprint density at radius 3 is 2.94 bits per heavy atom. The molecule has 5 heteroatoms. The molecule has 0 aromatic heterocycles. The maximum atomic E-state index is 13.2. The Kier molecular flexibility index (Phi) is 2.69. The van der Waals surface area contributed by atoms with Crippen molar-refractivity contribution < 1.29 is 19.0 Å². The van der Waals surface area contributed by atoms with Crippen LogP contribution in [0.2, 0.25) is 0 Å². The van der Waals surface area contributed by atoms with E-state index in [4.69, 9.17) is 9.84 Å². The van der Waals surface area contributed by atoms with Crippen molar-refractivity contribution in [3.8, 4) is 5.75 Å². The molecular weight excluding hydrogens is 225 g/mol. The van der Waals surface area contributed by atoms with Gasteiger partial charge in [-0.25, -0.2) is 4.39 Å². The van der Waals surface area contributed by atoms with E-state index in [1.165, 1.54) is 18.2 Å². The van der Waals surface area contributed by atoms with E-state index in [0.717, 1.165) is 0 Å². The highest BCUT2D eigenvalue weighted by Crippen LogP contribution is 2.37. The summed E-state index contributed by atoms with van der Waals surface area (Å²) in [4.78, 5) is 12.4. The highest BCUT2D eigenvalue weighted by Gasteiger charge is 2.32. The summed E-state index contributed by atoms with van der Waals surface area (Å²) in [5.74, 6) is -0.829. The fraction of sp³-hybridized carbons (Fsp3) is 0.417. The van der Waals surface area contributed by atoms with Gasteiger partial charge in [0.15, 0.2) is 0 Å². The van der Waals surface area contributed by atoms with Gasteiger partial charge in [0.05, 0.1) is 12.2 Å². The lowest BCUT2D eigenvalue weighted by molar-refractivity contribution is -0.135. The third-order valence-electron chi connectivity index (χ3n) is 2.55. The van der Waals surface area contributed by atoms with Crippen LogP contribution in [0.5, 0.6) is 5.75 Å². The zero-order chi connectivity index (χ0) is 12.6. The second-order valence-corrected chi connectivity index (χ2v) is 4.72. The summed E-state index contributed by atoms with van der Waals surface area (Å²) < 4.78 is 18.9. The first-order chi connectivity index (χ1) is 7.87. The van der Waals surface area contributed by atoms with Gasteiger partial charge >= 0.3 is 5.97 Å². The zero-order valence-corrected chi connectivity index (χ0v) is 9.74. The molecule has 92 valence electrons. The highest BCUT2D eigenvalue weighted by atomic mass is 19.1. The topological polar surface area (TPSA) is 49.8 Å². The Morgan fingerprint density at radius 2 is 2.29 bits per heavy atom. The molecule has 0 aliphatic carbocycles. The summed E-state index contributed by atoms with van der Waals surface area (Å²) in [5, 5.41) is 8.85. The van der Waals surface area contributed by atoms with E-state index in [1.54, 1.807) is 4.90 Å². The summed E-state index contributed by atoms with van der Waals surface area (Å²) in [6, 6.07) is 4.13. The highest BCUT2D eigenvalue weighted by molar-refractivity contribution is 5.75. The molecule has 0 amide bonds. The molecular formula is C12H14FNO3. The predicted molar refractivity (Wildman–Crippen MR) is 61.0 cm³/mol. The number of rotatable bonds is 2. The minimum atomic E-state index is -0.946. The Hall–Kier alpha value is -1.78. The van der Waals surface area contributed by atoms with Gasteiger partial charge in [-0.3, -0.25) is 4.79 Å². The van der Waals surface area contributed by atoms with Crippen LogP contribution in [0, 0.1) is 5.82 Å². The maximum absolute atomic E-state index is 13.2. The van der Waals surface area contributed by atoms with Crippen molar-refractivity contribution in [1.29, 1.82) is 0 Å². The average molecular weight is 239 g/mol. The van der Waals surface area contributed by atoms with E-state index in [9.17, 15) is 9.18 Å². The molecule has 1 heterocycles. The van der Waals surface area contributed by atoms with Gasteiger partial charge < -0.3 is 14.7 Å². The number of ether oxygens (including phenoxy) is 1. The number of anilines is 1. The van der Waals surface area contributed by atoms with Crippen LogP contribution in [0.3, 0.4) is 0 Å². The van der Waals surface area contributed by atoms with E-state index in [0.29, 0.717) is 18.0 Å². The zero-order valence-electron chi connectivity index (χ0n) is 9.74. The molecule has 0 atom stereocenters. The molecule has 0 spiro atoms. The Balaban J connectivity index is 2.40. The van der Waals surface area contributed by atoms with Crippen molar-refractivity contribution in [2.75, 3.05) is 18.0 Å². The molecule has 1 aromatic rings. The van der Waals surface area contributed by atoms with Crippen molar-refractivity contribution in [2.24, 2.45) is 0 Å². The summed E-state index contributed by atoms with van der Waals surface area (Å²) >= 11 is 0. The first-order valence-corrected chi connectivity index (χ1v) is 5.33. The summed E-state index contributed by atoms with van der Waals surface area (Å²) in [6.45, 7) is 3.99. The van der Waals surface area contributed by atoms with Gasteiger partial charge in [0, 0.05) is 6.07 Å². The molecule has 0 fully saturated rings. The van der Waals surface area contributed by atoms with E-state index in [-0.39, 0.29) is 6.54 Å². The molecule has 1 aliphatic rings. The van der Waals surface area contributed by atoms with Gasteiger partial charge in [-0.1, -0.05) is 0 Å². The van der Waals surface area contributed by atoms with Crippen LogP contribution in [0.4, 0.5) is 10.1 Å². The number of carboxylic acids is 1. The summed E-state index contributed by atoms with van der Waals surface area (Å²) in [7, 11) is 0. The summed E-state index contributed by atoms with van der Waals surface area (Å²) in [5.41, 5.74) is 0.00650. The molecule has 0 radical (unpaired) electrons. The largest absolute Gasteiger partial charge is 0.484 e. The fourth-order valence-corrected chi connectivity index (χ4v) is 2.00. The normalized spacial score (nSPS) is 17.2. The van der Waals surface area contributed by atoms with Crippen LogP contribution in [-0.4, -0.2) is 29.8 Å². The van der Waals surface area contributed by atoms with Gasteiger partial charge in [0.25, 0.3) is 0 Å².